The molecule has 1 saturated carbocycles. The maximum atomic E-state index is 12.0. The molecule has 0 amide bonds. The normalized spacial score (nSPS) is 20.8. The molecule has 0 atom stereocenters. The Labute approximate surface area is 115 Å². The van der Waals surface area contributed by atoms with Crippen LogP contribution < -0.4 is 10.5 Å². The number of rotatable bonds is 2. The number of nitrogens with one attached hydrogen (secondary N) is 1. The lowest BCUT2D eigenvalue weighted by Crippen LogP contribution is -2.29. The molecule has 2 aliphatic rings. The van der Waals surface area contributed by atoms with Crippen molar-refractivity contribution in [1.82, 2.24) is 9.97 Å². The van der Waals surface area contributed by atoms with Crippen LogP contribution in [0.5, 0.6) is 0 Å². The first kappa shape index (κ1) is 12.2. The summed E-state index contributed by atoms with van der Waals surface area (Å²) in [6.07, 6.45) is 7.28. The molecule has 0 bridgehead atoms. The molecule has 1 aromatic heterocycles. The van der Waals surface area contributed by atoms with E-state index in [-0.39, 0.29) is 5.56 Å². The number of aromatic nitrogens is 2. The Morgan fingerprint density at radius 1 is 1.17 bits per heavy atom. The standard InChI is InChI=1S/C13H18BrN3O/c14-10-11(9-5-6-9)15-13(16-12(10)18)17-7-3-1-2-4-8-17/h9H,1-8H2,(H,15,16,18). The molecule has 4 nitrogen and oxygen atoms in total. The number of halogens is 1. The summed E-state index contributed by atoms with van der Waals surface area (Å²) < 4.78 is 0.628. The van der Waals surface area contributed by atoms with Crippen molar-refractivity contribution in [1.29, 1.82) is 0 Å². The highest BCUT2D eigenvalue weighted by atomic mass is 79.9. The molecule has 0 aromatic carbocycles. The summed E-state index contributed by atoms with van der Waals surface area (Å²) in [6, 6.07) is 0. The zero-order valence-electron chi connectivity index (χ0n) is 10.4. The fraction of sp³-hybridized carbons (Fsp3) is 0.692. The van der Waals surface area contributed by atoms with E-state index in [1.165, 1.54) is 25.7 Å². The van der Waals surface area contributed by atoms with Crippen LogP contribution in [0.25, 0.3) is 0 Å². The van der Waals surface area contributed by atoms with Crippen LogP contribution in [0.4, 0.5) is 5.95 Å². The number of H-pyrrole nitrogens is 1. The first-order chi connectivity index (χ1) is 8.75. The monoisotopic (exact) mass is 311 g/mol. The Hall–Kier alpha value is -0.840. The lowest BCUT2D eigenvalue weighted by atomic mass is 10.2. The Kier molecular flexibility index (Phi) is 3.41. The predicted molar refractivity (Wildman–Crippen MR) is 75.2 cm³/mol. The molecule has 18 heavy (non-hydrogen) atoms. The summed E-state index contributed by atoms with van der Waals surface area (Å²) in [5, 5.41) is 0. The quantitative estimate of drug-likeness (QED) is 0.913. The molecule has 0 unspecified atom stereocenters. The third-order valence-corrected chi connectivity index (χ3v) is 4.51. The van der Waals surface area contributed by atoms with Crippen molar-refractivity contribution in [3.05, 3.63) is 20.5 Å². The van der Waals surface area contributed by atoms with E-state index in [1.807, 2.05) is 0 Å². The van der Waals surface area contributed by atoms with Crippen LogP contribution >= 0.6 is 15.9 Å². The third-order valence-electron chi connectivity index (χ3n) is 3.75. The molecule has 1 aliphatic carbocycles. The Bertz CT molecular complexity index is 487. The number of hydrogen-bond acceptors (Lipinski definition) is 3. The van der Waals surface area contributed by atoms with Gasteiger partial charge in [-0.05, 0) is 41.6 Å². The fourth-order valence-corrected chi connectivity index (χ4v) is 3.03. The number of aromatic amines is 1. The lowest BCUT2D eigenvalue weighted by molar-refractivity contribution is 0.726. The van der Waals surface area contributed by atoms with E-state index in [2.05, 4.69) is 30.8 Å². The van der Waals surface area contributed by atoms with Gasteiger partial charge in [0.1, 0.15) is 4.47 Å². The third kappa shape index (κ3) is 2.46. The maximum absolute atomic E-state index is 12.0. The van der Waals surface area contributed by atoms with Gasteiger partial charge in [0.15, 0.2) is 0 Å². The van der Waals surface area contributed by atoms with Crippen molar-refractivity contribution >= 4 is 21.9 Å². The Morgan fingerprint density at radius 3 is 2.44 bits per heavy atom. The molecule has 1 aromatic rings. The average Bonchev–Trinajstić information content (AvgIpc) is 3.17. The van der Waals surface area contributed by atoms with Crippen LogP contribution in [0.2, 0.25) is 0 Å². The molecule has 2 heterocycles. The molecular weight excluding hydrogens is 294 g/mol. The van der Waals surface area contributed by atoms with Gasteiger partial charge >= 0.3 is 0 Å². The first-order valence-electron chi connectivity index (χ1n) is 6.80. The fourth-order valence-electron chi connectivity index (χ4n) is 2.52. The summed E-state index contributed by atoms with van der Waals surface area (Å²) in [7, 11) is 0. The highest BCUT2D eigenvalue weighted by molar-refractivity contribution is 9.10. The van der Waals surface area contributed by atoms with Crippen molar-refractivity contribution in [2.75, 3.05) is 18.0 Å². The van der Waals surface area contributed by atoms with E-state index in [0.717, 1.165) is 37.6 Å². The van der Waals surface area contributed by atoms with Crippen molar-refractivity contribution in [2.24, 2.45) is 0 Å². The van der Waals surface area contributed by atoms with E-state index >= 15 is 0 Å². The van der Waals surface area contributed by atoms with Gasteiger partial charge in [-0.3, -0.25) is 9.78 Å². The van der Waals surface area contributed by atoms with Crippen molar-refractivity contribution in [3.63, 3.8) is 0 Å². The van der Waals surface area contributed by atoms with Crippen LogP contribution in [0, 0.1) is 0 Å². The minimum atomic E-state index is -0.0360. The molecular formula is C13H18BrN3O. The first-order valence-corrected chi connectivity index (χ1v) is 7.59. The molecule has 0 spiro atoms. The van der Waals surface area contributed by atoms with Crippen molar-refractivity contribution < 1.29 is 0 Å². The number of nitrogens with zero attached hydrogens (tertiary/aromatic N) is 2. The molecule has 1 aliphatic heterocycles. The number of anilines is 1. The zero-order chi connectivity index (χ0) is 12.5. The van der Waals surface area contributed by atoms with E-state index in [0.29, 0.717) is 10.4 Å². The largest absolute Gasteiger partial charge is 0.342 e. The smallest absolute Gasteiger partial charge is 0.266 e. The van der Waals surface area contributed by atoms with E-state index in [4.69, 9.17) is 0 Å². The van der Waals surface area contributed by atoms with E-state index in [9.17, 15) is 4.79 Å². The van der Waals surface area contributed by atoms with Gasteiger partial charge in [0.2, 0.25) is 5.95 Å². The van der Waals surface area contributed by atoms with Gasteiger partial charge < -0.3 is 4.90 Å². The van der Waals surface area contributed by atoms with Crippen LogP contribution in [0.3, 0.4) is 0 Å². The molecule has 0 radical (unpaired) electrons. The summed E-state index contributed by atoms with van der Waals surface area (Å²) in [5.74, 6) is 1.26. The van der Waals surface area contributed by atoms with Gasteiger partial charge in [0.25, 0.3) is 5.56 Å². The highest BCUT2D eigenvalue weighted by Crippen LogP contribution is 2.41. The average molecular weight is 312 g/mol. The van der Waals surface area contributed by atoms with Crippen LogP contribution in [0.15, 0.2) is 9.27 Å². The van der Waals surface area contributed by atoms with E-state index in [1.54, 1.807) is 0 Å². The second-order valence-electron chi connectivity index (χ2n) is 5.26. The molecule has 3 rings (SSSR count). The van der Waals surface area contributed by atoms with Gasteiger partial charge in [0.05, 0.1) is 5.69 Å². The summed E-state index contributed by atoms with van der Waals surface area (Å²) in [5.41, 5.74) is 0.921. The molecule has 2 fully saturated rings. The lowest BCUT2D eigenvalue weighted by Gasteiger charge is -2.21. The highest BCUT2D eigenvalue weighted by Gasteiger charge is 2.29. The molecule has 1 saturated heterocycles. The van der Waals surface area contributed by atoms with Gasteiger partial charge in [-0.1, -0.05) is 12.8 Å². The van der Waals surface area contributed by atoms with Crippen molar-refractivity contribution in [3.8, 4) is 0 Å². The Balaban J connectivity index is 1.93. The molecule has 1 N–H and O–H groups in total. The topological polar surface area (TPSA) is 49.0 Å². The predicted octanol–water partition coefficient (Wildman–Crippen LogP) is 2.79. The van der Waals surface area contributed by atoms with Crippen molar-refractivity contribution in [2.45, 2.75) is 44.4 Å². The second-order valence-corrected chi connectivity index (χ2v) is 6.06. The van der Waals surface area contributed by atoms with Crippen LogP contribution in [-0.2, 0) is 0 Å². The SMILES string of the molecule is O=c1[nH]c(N2CCCCCC2)nc(C2CC2)c1Br. The van der Waals surface area contributed by atoms with Gasteiger partial charge in [-0.2, -0.15) is 0 Å². The maximum Gasteiger partial charge on any atom is 0.266 e. The van der Waals surface area contributed by atoms with Crippen LogP contribution in [-0.4, -0.2) is 23.1 Å². The number of hydrogen-bond donors (Lipinski definition) is 1. The molecule has 98 valence electrons. The summed E-state index contributed by atoms with van der Waals surface area (Å²) >= 11 is 3.37. The minimum absolute atomic E-state index is 0.0360. The summed E-state index contributed by atoms with van der Waals surface area (Å²) in [4.78, 5) is 21.8. The van der Waals surface area contributed by atoms with Gasteiger partial charge in [0, 0.05) is 19.0 Å². The van der Waals surface area contributed by atoms with Gasteiger partial charge in [-0.15, -0.1) is 0 Å². The second kappa shape index (κ2) is 5.03. The Morgan fingerprint density at radius 2 is 1.83 bits per heavy atom. The minimum Gasteiger partial charge on any atom is -0.342 e. The molecule has 5 heteroatoms. The summed E-state index contributed by atoms with van der Waals surface area (Å²) in [6.45, 7) is 2.02. The van der Waals surface area contributed by atoms with Crippen LogP contribution in [0.1, 0.15) is 50.1 Å². The van der Waals surface area contributed by atoms with E-state index < -0.39 is 0 Å². The zero-order valence-corrected chi connectivity index (χ0v) is 12.0. The van der Waals surface area contributed by atoms with Gasteiger partial charge in [-0.25, -0.2) is 4.98 Å².